The second kappa shape index (κ2) is 8.20. The van der Waals surface area contributed by atoms with E-state index in [1.807, 2.05) is 0 Å². The first-order valence-corrected chi connectivity index (χ1v) is 8.12. The summed E-state index contributed by atoms with van der Waals surface area (Å²) >= 11 is 0. The molecule has 2 rings (SSSR count). The van der Waals surface area contributed by atoms with Crippen molar-refractivity contribution < 1.29 is 4.74 Å². The molecule has 0 aromatic carbocycles. The highest BCUT2D eigenvalue weighted by Crippen LogP contribution is 2.16. The average Bonchev–Trinajstić information content (AvgIpc) is 2.47. The Balaban J connectivity index is 1.81. The lowest BCUT2D eigenvalue weighted by atomic mass is 10.0. The molecule has 112 valence electrons. The summed E-state index contributed by atoms with van der Waals surface area (Å²) in [6, 6.07) is 1.22. The van der Waals surface area contributed by atoms with Crippen LogP contribution in [-0.4, -0.2) is 74.4 Å². The Hall–Kier alpha value is -0.160. The fourth-order valence-corrected chi connectivity index (χ4v) is 3.29. The van der Waals surface area contributed by atoms with Crippen molar-refractivity contribution in [3.63, 3.8) is 0 Å². The third kappa shape index (κ3) is 4.42. The molecule has 0 bridgehead atoms. The van der Waals surface area contributed by atoms with Crippen LogP contribution in [0, 0.1) is 0 Å². The minimum Gasteiger partial charge on any atom is -0.380 e. The quantitative estimate of drug-likeness (QED) is 0.783. The first-order chi connectivity index (χ1) is 9.35. The zero-order valence-corrected chi connectivity index (χ0v) is 12.7. The molecular weight excluding hydrogens is 238 g/mol. The third-order valence-corrected chi connectivity index (χ3v) is 4.40. The van der Waals surface area contributed by atoms with Crippen LogP contribution in [-0.2, 0) is 4.74 Å². The zero-order valence-electron chi connectivity index (χ0n) is 12.7. The van der Waals surface area contributed by atoms with Crippen LogP contribution >= 0.6 is 0 Å². The molecule has 2 fully saturated rings. The molecule has 2 aliphatic heterocycles. The van der Waals surface area contributed by atoms with Crippen molar-refractivity contribution in [2.75, 3.05) is 52.5 Å². The number of nitrogens with one attached hydrogen (secondary N) is 1. The summed E-state index contributed by atoms with van der Waals surface area (Å²) in [5.74, 6) is 0. The molecule has 4 heteroatoms. The number of nitrogens with zero attached hydrogens (tertiary/aromatic N) is 2. The second-order valence-corrected chi connectivity index (χ2v) is 5.87. The van der Waals surface area contributed by atoms with Crippen molar-refractivity contribution in [2.45, 2.75) is 45.2 Å². The molecule has 0 spiro atoms. The van der Waals surface area contributed by atoms with Gasteiger partial charge in [-0.15, -0.1) is 0 Å². The lowest BCUT2D eigenvalue weighted by molar-refractivity contribution is -0.0199. The Morgan fingerprint density at radius 3 is 2.58 bits per heavy atom. The van der Waals surface area contributed by atoms with Crippen LogP contribution in [0.3, 0.4) is 0 Å². The summed E-state index contributed by atoms with van der Waals surface area (Å²) < 4.78 is 5.72. The molecule has 0 aromatic heterocycles. The molecule has 19 heavy (non-hydrogen) atoms. The molecule has 4 nitrogen and oxygen atoms in total. The van der Waals surface area contributed by atoms with E-state index in [2.05, 4.69) is 29.0 Å². The van der Waals surface area contributed by atoms with Crippen molar-refractivity contribution in [3.05, 3.63) is 0 Å². The van der Waals surface area contributed by atoms with E-state index in [-0.39, 0.29) is 0 Å². The summed E-state index contributed by atoms with van der Waals surface area (Å²) in [7, 11) is 0. The number of hydrogen-bond donors (Lipinski definition) is 1. The van der Waals surface area contributed by atoms with Gasteiger partial charge in [0.05, 0.1) is 6.61 Å². The van der Waals surface area contributed by atoms with Crippen LogP contribution < -0.4 is 5.32 Å². The van der Waals surface area contributed by atoms with Gasteiger partial charge < -0.3 is 15.0 Å². The van der Waals surface area contributed by atoms with Crippen LogP contribution in [0.4, 0.5) is 0 Å². The van der Waals surface area contributed by atoms with Gasteiger partial charge in [-0.3, -0.25) is 4.90 Å². The molecule has 0 amide bonds. The molecule has 2 heterocycles. The molecule has 0 aliphatic carbocycles. The van der Waals surface area contributed by atoms with Crippen molar-refractivity contribution in [1.82, 2.24) is 15.1 Å². The predicted octanol–water partition coefficient (Wildman–Crippen LogP) is 1.17. The average molecular weight is 269 g/mol. The standard InChI is InChI=1S/C15H31N3O/c1-3-6-16-14-5-12-19-13-15(14)18-10-8-17(7-4-2)9-11-18/h14-16H,3-13H2,1-2H3. The Bertz CT molecular complexity index is 242. The summed E-state index contributed by atoms with van der Waals surface area (Å²) in [6.07, 6.45) is 3.65. The van der Waals surface area contributed by atoms with Crippen LogP contribution in [0.1, 0.15) is 33.1 Å². The monoisotopic (exact) mass is 269 g/mol. The van der Waals surface area contributed by atoms with Gasteiger partial charge in [0, 0.05) is 44.9 Å². The lowest BCUT2D eigenvalue weighted by Gasteiger charge is -2.44. The van der Waals surface area contributed by atoms with Gasteiger partial charge in [0.1, 0.15) is 0 Å². The second-order valence-electron chi connectivity index (χ2n) is 5.87. The first-order valence-electron chi connectivity index (χ1n) is 8.12. The summed E-state index contributed by atoms with van der Waals surface area (Å²) in [5, 5.41) is 3.72. The van der Waals surface area contributed by atoms with Crippen LogP contribution in [0.2, 0.25) is 0 Å². The largest absolute Gasteiger partial charge is 0.380 e. The molecular formula is C15H31N3O. The minimum atomic E-state index is 0.587. The SMILES string of the molecule is CCCNC1CCOCC1N1CCN(CCC)CC1. The van der Waals surface area contributed by atoms with Gasteiger partial charge in [0.25, 0.3) is 0 Å². The Morgan fingerprint density at radius 1 is 1.11 bits per heavy atom. The Labute approximate surface area is 118 Å². The molecule has 2 unspecified atom stereocenters. The van der Waals surface area contributed by atoms with Crippen LogP contribution in [0.25, 0.3) is 0 Å². The van der Waals surface area contributed by atoms with Gasteiger partial charge in [0.15, 0.2) is 0 Å². The molecule has 2 atom stereocenters. The van der Waals surface area contributed by atoms with Gasteiger partial charge in [-0.25, -0.2) is 0 Å². The summed E-state index contributed by atoms with van der Waals surface area (Å²) in [5.41, 5.74) is 0. The highest BCUT2D eigenvalue weighted by molar-refractivity contribution is 4.89. The maximum absolute atomic E-state index is 5.72. The lowest BCUT2D eigenvalue weighted by Crippen LogP contribution is -2.60. The molecule has 0 radical (unpaired) electrons. The minimum absolute atomic E-state index is 0.587. The van der Waals surface area contributed by atoms with E-state index in [0.29, 0.717) is 12.1 Å². The molecule has 2 aliphatic rings. The van der Waals surface area contributed by atoms with Crippen molar-refractivity contribution in [1.29, 1.82) is 0 Å². The van der Waals surface area contributed by atoms with E-state index in [1.165, 1.54) is 52.0 Å². The van der Waals surface area contributed by atoms with E-state index >= 15 is 0 Å². The summed E-state index contributed by atoms with van der Waals surface area (Å²) in [6.45, 7) is 13.6. The zero-order chi connectivity index (χ0) is 13.5. The van der Waals surface area contributed by atoms with E-state index in [4.69, 9.17) is 4.74 Å². The molecule has 0 saturated carbocycles. The predicted molar refractivity (Wildman–Crippen MR) is 79.6 cm³/mol. The molecule has 0 aromatic rings. The maximum Gasteiger partial charge on any atom is 0.0637 e. The number of hydrogen-bond acceptors (Lipinski definition) is 4. The van der Waals surface area contributed by atoms with Crippen LogP contribution in [0.5, 0.6) is 0 Å². The van der Waals surface area contributed by atoms with E-state index in [0.717, 1.165) is 19.8 Å². The van der Waals surface area contributed by atoms with E-state index in [1.54, 1.807) is 0 Å². The third-order valence-electron chi connectivity index (χ3n) is 4.40. The van der Waals surface area contributed by atoms with Crippen LogP contribution in [0.15, 0.2) is 0 Å². The molecule has 2 saturated heterocycles. The highest BCUT2D eigenvalue weighted by atomic mass is 16.5. The summed E-state index contributed by atoms with van der Waals surface area (Å²) in [4.78, 5) is 5.24. The molecule has 1 N–H and O–H groups in total. The van der Waals surface area contributed by atoms with Gasteiger partial charge in [-0.05, 0) is 32.4 Å². The fourth-order valence-electron chi connectivity index (χ4n) is 3.29. The van der Waals surface area contributed by atoms with Gasteiger partial charge in [-0.1, -0.05) is 13.8 Å². The Morgan fingerprint density at radius 2 is 1.89 bits per heavy atom. The van der Waals surface area contributed by atoms with Gasteiger partial charge in [0.2, 0.25) is 0 Å². The maximum atomic E-state index is 5.72. The van der Waals surface area contributed by atoms with E-state index in [9.17, 15) is 0 Å². The van der Waals surface area contributed by atoms with Crippen molar-refractivity contribution in [2.24, 2.45) is 0 Å². The first kappa shape index (κ1) is 15.2. The smallest absolute Gasteiger partial charge is 0.0637 e. The highest BCUT2D eigenvalue weighted by Gasteiger charge is 2.32. The topological polar surface area (TPSA) is 27.7 Å². The normalized spacial score (nSPS) is 30.6. The van der Waals surface area contributed by atoms with Crippen molar-refractivity contribution >= 4 is 0 Å². The number of ether oxygens (including phenoxy) is 1. The van der Waals surface area contributed by atoms with Gasteiger partial charge in [-0.2, -0.15) is 0 Å². The number of rotatable bonds is 6. The fraction of sp³-hybridized carbons (Fsp3) is 1.00. The van der Waals surface area contributed by atoms with E-state index < -0.39 is 0 Å². The number of piperazine rings is 1. The van der Waals surface area contributed by atoms with Crippen molar-refractivity contribution in [3.8, 4) is 0 Å². The Kier molecular flexibility index (Phi) is 6.57. The van der Waals surface area contributed by atoms with Gasteiger partial charge >= 0.3 is 0 Å².